The van der Waals surface area contributed by atoms with E-state index in [0.29, 0.717) is 24.4 Å². The standard InChI is InChI=1S/C25H28O2/c1-25-14-13-21-20-10-8-19(27-16-17-5-3-2-4-6-17)15-18(20)7-9-22(21)23(25)11-12-24(25)26/h2-6,8,10-12,15,21-24,26H,7,9,13-14,16H2,1H3/t21-,22-,23+,24?,25+/m1/s1. The summed E-state index contributed by atoms with van der Waals surface area (Å²) in [6.07, 6.45) is 8.73. The molecule has 1 saturated carbocycles. The number of allylic oxidation sites excluding steroid dienone is 1. The Kier molecular flexibility index (Phi) is 4.12. The lowest BCUT2D eigenvalue weighted by Crippen LogP contribution is -2.44. The molecule has 0 amide bonds. The fourth-order valence-electron chi connectivity index (χ4n) is 5.82. The van der Waals surface area contributed by atoms with Crippen molar-refractivity contribution in [2.45, 2.75) is 51.2 Å². The van der Waals surface area contributed by atoms with E-state index in [9.17, 15) is 5.11 Å². The van der Waals surface area contributed by atoms with Crippen LogP contribution < -0.4 is 4.74 Å². The number of ether oxygens (including phenoxy) is 1. The van der Waals surface area contributed by atoms with E-state index in [4.69, 9.17) is 4.74 Å². The summed E-state index contributed by atoms with van der Waals surface area (Å²) < 4.78 is 6.05. The zero-order valence-corrected chi connectivity index (χ0v) is 16.0. The van der Waals surface area contributed by atoms with E-state index in [1.165, 1.54) is 29.5 Å². The molecule has 5 atom stereocenters. The molecular formula is C25H28O2. The highest BCUT2D eigenvalue weighted by Gasteiger charge is 2.52. The highest BCUT2D eigenvalue weighted by Crippen LogP contribution is 2.58. The van der Waals surface area contributed by atoms with Gasteiger partial charge in [-0.25, -0.2) is 0 Å². The molecule has 2 aromatic rings. The maximum Gasteiger partial charge on any atom is 0.120 e. The first-order chi connectivity index (χ1) is 13.1. The molecule has 0 saturated heterocycles. The largest absolute Gasteiger partial charge is 0.489 e. The van der Waals surface area contributed by atoms with Gasteiger partial charge < -0.3 is 9.84 Å². The molecule has 1 unspecified atom stereocenters. The van der Waals surface area contributed by atoms with Crippen molar-refractivity contribution in [2.24, 2.45) is 17.3 Å². The van der Waals surface area contributed by atoms with Gasteiger partial charge in [-0.2, -0.15) is 0 Å². The highest BCUT2D eigenvalue weighted by molar-refractivity contribution is 5.41. The number of benzene rings is 2. The smallest absolute Gasteiger partial charge is 0.120 e. The molecule has 5 rings (SSSR count). The monoisotopic (exact) mass is 360 g/mol. The molecule has 3 aliphatic carbocycles. The average molecular weight is 360 g/mol. The van der Waals surface area contributed by atoms with Crippen LogP contribution >= 0.6 is 0 Å². The van der Waals surface area contributed by atoms with E-state index in [1.54, 1.807) is 0 Å². The molecule has 2 aromatic carbocycles. The topological polar surface area (TPSA) is 29.5 Å². The van der Waals surface area contributed by atoms with Gasteiger partial charge in [-0.1, -0.05) is 55.5 Å². The summed E-state index contributed by atoms with van der Waals surface area (Å²) in [5.74, 6) is 2.80. The normalized spacial score (nSPS) is 33.9. The summed E-state index contributed by atoms with van der Waals surface area (Å²) in [7, 11) is 0. The van der Waals surface area contributed by atoms with Gasteiger partial charge in [0.2, 0.25) is 0 Å². The molecular weight excluding hydrogens is 332 g/mol. The Balaban J connectivity index is 1.35. The molecule has 0 aromatic heterocycles. The molecule has 27 heavy (non-hydrogen) atoms. The minimum Gasteiger partial charge on any atom is -0.489 e. The molecule has 2 heteroatoms. The van der Waals surface area contributed by atoms with Gasteiger partial charge in [0.25, 0.3) is 0 Å². The fraction of sp³-hybridized carbons (Fsp3) is 0.440. The Morgan fingerprint density at radius 2 is 1.93 bits per heavy atom. The number of fused-ring (bicyclic) bond motifs is 5. The third kappa shape index (κ3) is 2.82. The van der Waals surface area contributed by atoms with Crippen molar-refractivity contribution in [3.63, 3.8) is 0 Å². The van der Waals surface area contributed by atoms with Crippen LogP contribution in [0.25, 0.3) is 0 Å². The molecule has 0 aliphatic heterocycles. The van der Waals surface area contributed by atoms with Gasteiger partial charge >= 0.3 is 0 Å². The minimum atomic E-state index is -0.265. The second-order valence-corrected chi connectivity index (χ2v) is 8.84. The van der Waals surface area contributed by atoms with E-state index in [0.717, 1.165) is 18.6 Å². The van der Waals surface area contributed by atoms with Crippen molar-refractivity contribution in [3.8, 4) is 5.75 Å². The lowest BCUT2D eigenvalue weighted by molar-refractivity contribution is -0.0101. The number of aliphatic hydroxyl groups excluding tert-OH is 1. The first-order valence-corrected chi connectivity index (χ1v) is 10.3. The zero-order chi connectivity index (χ0) is 18.4. The summed E-state index contributed by atoms with van der Waals surface area (Å²) in [6, 6.07) is 17.1. The average Bonchev–Trinajstić information content (AvgIpc) is 3.01. The van der Waals surface area contributed by atoms with Crippen LogP contribution in [0.4, 0.5) is 0 Å². The SMILES string of the molecule is C[C@]12CC[C@@H]3c4ccc(OCc5ccccc5)cc4CC[C@H]3[C@@H]1C=CC2O. The second kappa shape index (κ2) is 6.53. The second-order valence-electron chi connectivity index (χ2n) is 8.84. The van der Waals surface area contributed by atoms with Gasteiger partial charge in [-0.3, -0.25) is 0 Å². The first kappa shape index (κ1) is 17.1. The summed E-state index contributed by atoms with van der Waals surface area (Å²) in [5, 5.41) is 10.5. The molecule has 0 heterocycles. The maximum absolute atomic E-state index is 10.5. The molecule has 140 valence electrons. The molecule has 1 fully saturated rings. The Morgan fingerprint density at radius 1 is 1.07 bits per heavy atom. The van der Waals surface area contributed by atoms with Crippen LogP contribution in [0.2, 0.25) is 0 Å². The number of hydrogen-bond donors (Lipinski definition) is 1. The Labute approximate surface area is 161 Å². The van der Waals surface area contributed by atoms with Gasteiger partial charge in [0.15, 0.2) is 0 Å². The molecule has 2 nitrogen and oxygen atoms in total. The summed E-state index contributed by atoms with van der Waals surface area (Å²) in [6.45, 7) is 2.91. The van der Waals surface area contributed by atoms with Crippen LogP contribution in [0.1, 0.15) is 48.8 Å². The third-order valence-corrected chi connectivity index (χ3v) is 7.42. The van der Waals surface area contributed by atoms with Gasteiger partial charge in [-0.05, 0) is 72.3 Å². The molecule has 1 N–H and O–H groups in total. The minimum absolute atomic E-state index is 0.0530. The van der Waals surface area contributed by atoms with Crippen LogP contribution in [0.15, 0.2) is 60.7 Å². The van der Waals surface area contributed by atoms with Crippen LogP contribution in [0, 0.1) is 17.3 Å². The first-order valence-electron chi connectivity index (χ1n) is 10.3. The fourth-order valence-corrected chi connectivity index (χ4v) is 5.82. The van der Waals surface area contributed by atoms with Crippen molar-refractivity contribution < 1.29 is 9.84 Å². The molecule has 0 radical (unpaired) electrons. The van der Waals surface area contributed by atoms with Gasteiger partial charge in [0, 0.05) is 5.41 Å². The van der Waals surface area contributed by atoms with E-state index in [1.807, 2.05) is 12.1 Å². The quantitative estimate of drug-likeness (QED) is 0.757. The summed E-state index contributed by atoms with van der Waals surface area (Å²) in [5.41, 5.74) is 4.24. The van der Waals surface area contributed by atoms with Crippen molar-refractivity contribution in [1.29, 1.82) is 0 Å². The molecule has 0 bridgehead atoms. The van der Waals surface area contributed by atoms with E-state index in [2.05, 4.69) is 55.5 Å². The summed E-state index contributed by atoms with van der Waals surface area (Å²) in [4.78, 5) is 0. The van der Waals surface area contributed by atoms with Gasteiger partial charge in [0.1, 0.15) is 12.4 Å². The number of aliphatic hydroxyl groups is 1. The van der Waals surface area contributed by atoms with E-state index >= 15 is 0 Å². The predicted octanol–water partition coefficient (Wildman–Crippen LogP) is 5.26. The number of aryl methyl sites for hydroxylation is 1. The number of hydrogen-bond acceptors (Lipinski definition) is 2. The van der Waals surface area contributed by atoms with Crippen molar-refractivity contribution in [2.75, 3.05) is 0 Å². The van der Waals surface area contributed by atoms with E-state index in [-0.39, 0.29) is 11.5 Å². The van der Waals surface area contributed by atoms with Crippen LogP contribution in [-0.2, 0) is 13.0 Å². The highest BCUT2D eigenvalue weighted by atomic mass is 16.5. The Morgan fingerprint density at radius 3 is 2.78 bits per heavy atom. The Hall–Kier alpha value is -2.06. The lowest BCUT2D eigenvalue weighted by atomic mass is 9.55. The lowest BCUT2D eigenvalue weighted by Gasteiger charge is -2.50. The third-order valence-electron chi connectivity index (χ3n) is 7.42. The number of rotatable bonds is 3. The van der Waals surface area contributed by atoms with Crippen LogP contribution in [0.3, 0.4) is 0 Å². The maximum atomic E-state index is 10.5. The van der Waals surface area contributed by atoms with Crippen LogP contribution in [-0.4, -0.2) is 11.2 Å². The molecule has 0 spiro atoms. The molecule has 3 aliphatic rings. The zero-order valence-electron chi connectivity index (χ0n) is 16.0. The van der Waals surface area contributed by atoms with E-state index < -0.39 is 0 Å². The predicted molar refractivity (Wildman–Crippen MR) is 108 cm³/mol. The van der Waals surface area contributed by atoms with Gasteiger partial charge in [-0.15, -0.1) is 0 Å². The summed E-state index contributed by atoms with van der Waals surface area (Å²) >= 11 is 0. The van der Waals surface area contributed by atoms with Gasteiger partial charge in [0.05, 0.1) is 6.10 Å². The van der Waals surface area contributed by atoms with Crippen molar-refractivity contribution in [1.82, 2.24) is 0 Å². The van der Waals surface area contributed by atoms with Crippen molar-refractivity contribution >= 4 is 0 Å². The van der Waals surface area contributed by atoms with Crippen LogP contribution in [0.5, 0.6) is 5.75 Å². The van der Waals surface area contributed by atoms with Crippen molar-refractivity contribution in [3.05, 3.63) is 77.4 Å². The Bertz CT molecular complexity index is 856.